The van der Waals surface area contributed by atoms with Gasteiger partial charge in [-0.2, -0.15) is 0 Å². The topological polar surface area (TPSA) is 40.5 Å². The highest BCUT2D eigenvalue weighted by atomic mass is 35.5. The quantitative estimate of drug-likeness (QED) is 0.883. The molecular formula is C12H13ClFNO2. The number of carbonyl (C=O) groups excluding carboxylic acids is 1. The van der Waals surface area contributed by atoms with E-state index in [0.29, 0.717) is 24.8 Å². The number of likely N-dealkylation sites (tertiary alicyclic amines) is 1. The zero-order chi connectivity index (χ0) is 12.4. The molecule has 92 valence electrons. The monoisotopic (exact) mass is 257 g/mol. The lowest BCUT2D eigenvalue weighted by Gasteiger charge is -2.32. The highest BCUT2D eigenvalue weighted by Gasteiger charge is 2.26. The van der Waals surface area contributed by atoms with E-state index in [1.165, 1.54) is 23.1 Å². The smallest absolute Gasteiger partial charge is 0.224 e. The Morgan fingerprint density at radius 1 is 1.53 bits per heavy atom. The molecular weight excluding hydrogens is 245 g/mol. The van der Waals surface area contributed by atoms with Gasteiger partial charge in [-0.25, -0.2) is 4.39 Å². The molecule has 0 saturated carbocycles. The van der Waals surface area contributed by atoms with Gasteiger partial charge >= 0.3 is 0 Å². The van der Waals surface area contributed by atoms with Gasteiger partial charge in [0.25, 0.3) is 0 Å². The van der Waals surface area contributed by atoms with Gasteiger partial charge in [0.2, 0.25) is 5.91 Å². The highest BCUT2D eigenvalue weighted by Crippen LogP contribution is 2.23. The number of benzene rings is 1. The van der Waals surface area contributed by atoms with Crippen LogP contribution in [-0.4, -0.2) is 22.1 Å². The molecule has 3 nitrogen and oxygen atoms in total. The average molecular weight is 258 g/mol. The van der Waals surface area contributed by atoms with Crippen LogP contribution in [0.4, 0.5) is 4.39 Å². The minimum atomic E-state index is -0.766. The van der Waals surface area contributed by atoms with Crippen LogP contribution >= 0.6 is 11.6 Å². The lowest BCUT2D eigenvalue weighted by molar-refractivity contribution is -0.147. The third kappa shape index (κ3) is 2.76. The lowest BCUT2D eigenvalue weighted by atomic mass is 10.1. The third-order valence-corrected chi connectivity index (χ3v) is 3.24. The molecule has 0 aromatic heterocycles. The largest absolute Gasteiger partial charge is 0.374 e. The van der Waals surface area contributed by atoms with Gasteiger partial charge in [0.15, 0.2) is 0 Å². The summed E-state index contributed by atoms with van der Waals surface area (Å²) >= 11 is 5.88. The number of halogens is 2. The summed E-state index contributed by atoms with van der Waals surface area (Å²) in [6, 6.07) is 4.03. The fourth-order valence-corrected chi connectivity index (χ4v) is 2.16. The van der Waals surface area contributed by atoms with Gasteiger partial charge in [-0.05, 0) is 30.5 Å². The molecule has 5 heteroatoms. The maximum atomic E-state index is 12.9. The number of piperidine rings is 1. The Hall–Kier alpha value is -1.13. The zero-order valence-corrected chi connectivity index (χ0v) is 9.95. The Labute approximate surface area is 104 Å². The van der Waals surface area contributed by atoms with E-state index in [9.17, 15) is 14.3 Å². The van der Waals surface area contributed by atoms with Crippen LogP contribution in [0.2, 0.25) is 5.02 Å². The third-order valence-electron chi connectivity index (χ3n) is 2.89. The molecule has 1 aromatic carbocycles. The number of amides is 1. The molecule has 0 aliphatic carbocycles. The molecule has 0 bridgehead atoms. The van der Waals surface area contributed by atoms with E-state index >= 15 is 0 Å². The minimum absolute atomic E-state index is 0.0934. The second-order valence-corrected chi connectivity index (χ2v) is 4.54. The van der Waals surface area contributed by atoms with Crippen LogP contribution in [0.5, 0.6) is 0 Å². The number of hydrogen-bond donors (Lipinski definition) is 1. The van der Waals surface area contributed by atoms with Crippen molar-refractivity contribution in [3.05, 3.63) is 34.6 Å². The van der Waals surface area contributed by atoms with Crippen molar-refractivity contribution in [1.29, 1.82) is 0 Å². The fraction of sp³-hybridized carbons (Fsp3) is 0.417. The van der Waals surface area contributed by atoms with Gasteiger partial charge in [0.05, 0.1) is 0 Å². The Morgan fingerprint density at radius 2 is 2.29 bits per heavy atom. The van der Waals surface area contributed by atoms with Crippen LogP contribution < -0.4 is 0 Å². The van der Waals surface area contributed by atoms with E-state index in [4.69, 9.17) is 11.6 Å². The van der Waals surface area contributed by atoms with Crippen molar-refractivity contribution < 1.29 is 14.3 Å². The summed E-state index contributed by atoms with van der Waals surface area (Å²) in [7, 11) is 0. The molecule has 1 aliphatic rings. The average Bonchev–Trinajstić information content (AvgIpc) is 2.26. The summed E-state index contributed by atoms with van der Waals surface area (Å²) in [5.74, 6) is -0.506. The van der Waals surface area contributed by atoms with Crippen molar-refractivity contribution in [3.63, 3.8) is 0 Å². The van der Waals surface area contributed by atoms with Crippen molar-refractivity contribution in [2.24, 2.45) is 0 Å². The predicted octanol–water partition coefficient (Wildman–Crippen LogP) is 2.31. The number of aliphatic hydroxyl groups is 1. The van der Waals surface area contributed by atoms with Crippen molar-refractivity contribution in [1.82, 2.24) is 4.90 Å². The Balaban J connectivity index is 2.16. The number of hydrogen-bond acceptors (Lipinski definition) is 2. The summed E-state index contributed by atoms with van der Waals surface area (Å²) in [5, 5.41) is 10.0. The van der Waals surface area contributed by atoms with Crippen LogP contribution in [0.1, 0.15) is 24.8 Å². The maximum absolute atomic E-state index is 12.9. The summed E-state index contributed by atoms with van der Waals surface area (Å²) in [6.07, 6.45) is 0.950. The van der Waals surface area contributed by atoms with Gasteiger partial charge in [0.1, 0.15) is 12.0 Å². The van der Waals surface area contributed by atoms with Crippen LogP contribution in [0.25, 0.3) is 0 Å². The maximum Gasteiger partial charge on any atom is 0.224 e. The first-order valence-electron chi connectivity index (χ1n) is 5.49. The zero-order valence-electron chi connectivity index (χ0n) is 9.20. The van der Waals surface area contributed by atoms with E-state index in [1.54, 1.807) is 0 Å². The van der Waals surface area contributed by atoms with Crippen molar-refractivity contribution in [3.8, 4) is 0 Å². The molecule has 1 atom stereocenters. The molecule has 1 aromatic rings. The fourth-order valence-electron chi connectivity index (χ4n) is 1.93. The summed E-state index contributed by atoms with van der Waals surface area (Å²) < 4.78 is 12.9. The highest BCUT2D eigenvalue weighted by molar-refractivity contribution is 6.31. The Morgan fingerprint density at radius 3 is 2.94 bits per heavy atom. The van der Waals surface area contributed by atoms with E-state index in [2.05, 4.69) is 0 Å². The number of rotatable bonds is 2. The standard InChI is InChI=1S/C12H13ClFNO2/c13-10-6-9(14)5-4-8(10)7-15-11(16)2-1-3-12(15)17/h4-6,11,16H,1-3,7H2. The summed E-state index contributed by atoms with van der Waals surface area (Å²) in [5.41, 5.74) is 0.641. The first kappa shape index (κ1) is 12.3. The molecule has 2 rings (SSSR count). The van der Waals surface area contributed by atoms with Crippen molar-refractivity contribution in [2.75, 3.05) is 0 Å². The first-order valence-corrected chi connectivity index (χ1v) is 5.87. The van der Waals surface area contributed by atoms with Gasteiger partial charge in [0, 0.05) is 18.0 Å². The van der Waals surface area contributed by atoms with Gasteiger partial charge in [-0.3, -0.25) is 4.79 Å². The number of carbonyl (C=O) groups is 1. The van der Waals surface area contributed by atoms with E-state index in [1.807, 2.05) is 0 Å². The molecule has 1 unspecified atom stereocenters. The molecule has 1 aliphatic heterocycles. The van der Waals surface area contributed by atoms with E-state index < -0.39 is 12.0 Å². The van der Waals surface area contributed by atoms with Crippen LogP contribution in [0.3, 0.4) is 0 Å². The van der Waals surface area contributed by atoms with E-state index in [-0.39, 0.29) is 17.5 Å². The van der Waals surface area contributed by atoms with E-state index in [0.717, 1.165) is 0 Å². The molecule has 1 amide bonds. The van der Waals surface area contributed by atoms with Crippen molar-refractivity contribution in [2.45, 2.75) is 32.0 Å². The van der Waals surface area contributed by atoms with Crippen LogP contribution in [0, 0.1) is 5.82 Å². The number of aliphatic hydroxyl groups excluding tert-OH is 1. The SMILES string of the molecule is O=C1CCCC(O)N1Cc1ccc(F)cc1Cl. The van der Waals surface area contributed by atoms with Crippen LogP contribution in [0.15, 0.2) is 18.2 Å². The molecule has 0 spiro atoms. The first-order chi connectivity index (χ1) is 8.08. The molecule has 0 radical (unpaired) electrons. The van der Waals surface area contributed by atoms with Crippen LogP contribution in [-0.2, 0) is 11.3 Å². The predicted molar refractivity (Wildman–Crippen MR) is 61.8 cm³/mol. The van der Waals surface area contributed by atoms with Crippen molar-refractivity contribution >= 4 is 17.5 Å². The van der Waals surface area contributed by atoms with Gasteiger partial charge < -0.3 is 10.0 Å². The van der Waals surface area contributed by atoms with Gasteiger partial charge in [-0.1, -0.05) is 17.7 Å². The number of nitrogens with zero attached hydrogens (tertiary/aromatic N) is 1. The minimum Gasteiger partial charge on any atom is -0.374 e. The Kier molecular flexibility index (Phi) is 3.64. The second-order valence-electron chi connectivity index (χ2n) is 4.13. The molecule has 1 fully saturated rings. The Bertz CT molecular complexity index is 439. The second kappa shape index (κ2) is 5.02. The molecule has 1 saturated heterocycles. The molecule has 1 N–H and O–H groups in total. The summed E-state index contributed by atoms with van der Waals surface area (Å²) in [6.45, 7) is 0.221. The normalized spacial score (nSPS) is 20.8. The lowest BCUT2D eigenvalue weighted by Crippen LogP contribution is -2.42. The van der Waals surface area contributed by atoms with Gasteiger partial charge in [-0.15, -0.1) is 0 Å². The summed E-state index contributed by atoms with van der Waals surface area (Å²) in [4.78, 5) is 13.0. The molecule has 17 heavy (non-hydrogen) atoms. The molecule has 1 heterocycles.